The first-order valence-corrected chi connectivity index (χ1v) is 7.23. The Bertz CT molecular complexity index is 657. The van der Waals surface area contributed by atoms with E-state index in [1.807, 2.05) is 30.3 Å². The Morgan fingerprint density at radius 1 is 1.35 bits per heavy atom. The van der Waals surface area contributed by atoms with Gasteiger partial charge in [-0.05, 0) is 23.3 Å². The number of rotatable bonds is 8. The first-order chi connectivity index (χ1) is 11.1. The van der Waals surface area contributed by atoms with Crippen LogP contribution in [0.3, 0.4) is 0 Å². The maximum atomic E-state index is 12.1. The van der Waals surface area contributed by atoms with Gasteiger partial charge in [-0.1, -0.05) is 30.3 Å². The van der Waals surface area contributed by atoms with E-state index in [9.17, 15) is 14.9 Å². The van der Waals surface area contributed by atoms with Gasteiger partial charge in [0.25, 0.3) is 0 Å². The molecule has 8 nitrogen and oxygen atoms in total. The summed E-state index contributed by atoms with van der Waals surface area (Å²) >= 11 is 0. The molecule has 1 atom stereocenters. The van der Waals surface area contributed by atoms with Gasteiger partial charge in [0.05, 0.1) is 23.4 Å². The van der Waals surface area contributed by atoms with Crippen molar-refractivity contribution in [1.29, 1.82) is 0 Å². The summed E-state index contributed by atoms with van der Waals surface area (Å²) in [7, 11) is 0. The standard InChI is InChI=1S/C15H18N4O4/c20-10-4-7-13(12-5-2-1-3-6-12)16-15(21)11-18-9-8-14(17-18)19(22)23/h1-3,5-6,8-9,13,20H,4,7,10-11H2,(H,16,21). The number of nitro groups is 1. The summed E-state index contributed by atoms with van der Waals surface area (Å²) in [5.41, 5.74) is 0.945. The topological polar surface area (TPSA) is 110 Å². The average molecular weight is 318 g/mol. The van der Waals surface area contributed by atoms with Crippen molar-refractivity contribution < 1.29 is 14.8 Å². The Kier molecular flexibility index (Phi) is 5.81. The van der Waals surface area contributed by atoms with E-state index in [1.165, 1.54) is 16.9 Å². The van der Waals surface area contributed by atoms with Crippen LogP contribution in [0.15, 0.2) is 42.6 Å². The van der Waals surface area contributed by atoms with E-state index >= 15 is 0 Å². The van der Waals surface area contributed by atoms with Crippen LogP contribution in [0.5, 0.6) is 0 Å². The molecule has 1 unspecified atom stereocenters. The highest BCUT2D eigenvalue weighted by Crippen LogP contribution is 2.18. The van der Waals surface area contributed by atoms with E-state index in [-0.39, 0.29) is 30.9 Å². The third-order valence-corrected chi connectivity index (χ3v) is 3.31. The van der Waals surface area contributed by atoms with Crippen molar-refractivity contribution >= 4 is 11.7 Å². The molecule has 2 aromatic rings. The van der Waals surface area contributed by atoms with Crippen molar-refractivity contribution in [2.24, 2.45) is 0 Å². The van der Waals surface area contributed by atoms with Crippen LogP contribution < -0.4 is 5.32 Å². The summed E-state index contributed by atoms with van der Waals surface area (Å²) in [6, 6.07) is 10.5. The van der Waals surface area contributed by atoms with Gasteiger partial charge in [-0.25, -0.2) is 0 Å². The van der Waals surface area contributed by atoms with Gasteiger partial charge in [0, 0.05) is 6.61 Å². The zero-order valence-electron chi connectivity index (χ0n) is 12.5. The zero-order chi connectivity index (χ0) is 16.7. The fourth-order valence-electron chi connectivity index (χ4n) is 2.23. The molecule has 0 fully saturated rings. The second-order valence-corrected chi connectivity index (χ2v) is 5.03. The van der Waals surface area contributed by atoms with Crippen molar-refractivity contribution in [1.82, 2.24) is 15.1 Å². The predicted molar refractivity (Wildman–Crippen MR) is 82.5 cm³/mol. The number of carbonyl (C=O) groups excluding carboxylic acids is 1. The molecule has 1 aromatic heterocycles. The van der Waals surface area contributed by atoms with Gasteiger partial charge in [-0.2, -0.15) is 4.68 Å². The molecule has 0 aliphatic rings. The van der Waals surface area contributed by atoms with Crippen LogP contribution in [0.2, 0.25) is 0 Å². The van der Waals surface area contributed by atoms with E-state index in [0.717, 1.165) is 5.56 Å². The molecule has 0 aliphatic heterocycles. The van der Waals surface area contributed by atoms with Crippen molar-refractivity contribution in [3.05, 3.63) is 58.3 Å². The second-order valence-electron chi connectivity index (χ2n) is 5.03. The Morgan fingerprint density at radius 2 is 2.09 bits per heavy atom. The van der Waals surface area contributed by atoms with E-state index in [0.29, 0.717) is 12.8 Å². The van der Waals surface area contributed by atoms with Crippen LogP contribution in [-0.4, -0.2) is 32.3 Å². The lowest BCUT2D eigenvalue weighted by Gasteiger charge is -2.18. The quantitative estimate of drug-likeness (QED) is 0.565. The largest absolute Gasteiger partial charge is 0.396 e. The maximum absolute atomic E-state index is 12.1. The molecule has 0 radical (unpaired) electrons. The summed E-state index contributed by atoms with van der Waals surface area (Å²) in [5, 5.41) is 26.2. The van der Waals surface area contributed by atoms with Crippen LogP contribution in [-0.2, 0) is 11.3 Å². The molecule has 2 N–H and O–H groups in total. The van der Waals surface area contributed by atoms with Crippen molar-refractivity contribution in [3.63, 3.8) is 0 Å². The van der Waals surface area contributed by atoms with Gasteiger partial charge in [0.1, 0.15) is 6.54 Å². The molecule has 1 heterocycles. The Hall–Kier alpha value is -2.74. The highest BCUT2D eigenvalue weighted by Gasteiger charge is 2.17. The van der Waals surface area contributed by atoms with Gasteiger partial charge in [0.2, 0.25) is 5.91 Å². The fourth-order valence-corrected chi connectivity index (χ4v) is 2.23. The van der Waals surface area contributed by atoms with Gasteiger partial charge in [0.15, 0.2) is 0 Å². The first-order valence-electron chi connectivity index (χ1n) is 7.23. The number of aliphatic hydroxyl groups excluding tert-OH is 1. The third-order valence-electron chi connectivity index (χ3n) is 3.31. The maximum Gasteiger partial charge on any atom is 0.389 e. The summed E-state index contributed by atoms with van der Waals surface area (Å²) in [5.74, 6) is -0.590. The monoisotopic (exact) mass is 318 g/mol. The molecular formula is C15H18N4O4. The van der Waals surface area contributed by atoms with Gasteiger partial charge < -0.3 is 20.5 Å². The molecule has 1 amide bonds. The number of nitrogens with one attached hydrogen (secondary N) is 1. The van der Waals surface area contributed by atoms with Crippen LogP contribution in [0, 0.1) is 10.1 Å². The second kappa shape index (κ2) is 8.04. The Morgan fingerprint density at radius 3 is 2.70 bits per heavy atom. The van der Waals surface area contributed by atoms with Crippen molar-refractivity contribution in [2.45, 2.75) is 25.4 Å². The predicted octanol–water partition coefficient (Wildman–Crippen LogP) is 1.42. The van der Waals surface area contributed by atoms with Crippen molar-refractivity contribution in [3.8, 4) is 0 Å². The molecule has 0 saturated heterocycles. The highest BCUT2D eigenvalue weighted by molar-refractivity contribution is 5.76. The van der Waals surface area contributed by atoms with Crippen LogP contribution in [0.4, 0.5) is 5.82 Å². The number of aromatic nitrogens is 2. The van der Waals surface area contributed by atoms with E-state index in [4.69, 9.17) is 5.11 Å². The number of carbonyl (C=O) groups is 1. The van der Waals surface area contributed by atoms with Gasteiger partial charge in [-0.3, -0.25) is 4.79 Å². The van der Waals surface area contributed by atoms with E-state index in [1.54, 1.807) is 0 Å². The van der Waals surface area contributed by atoms with Crippen molar-refractivity contribution in [2.75, 3.05) is 6.61 Å². The lowest BCUT2D eigenvalue weighted by atomic mass is 10.0. The molecular weight excluding hydrogens is 300 g/mol. The number of hydrogen-bond donors (Lipinski definition) is 2. The fraction of sp³-hybridized carbons (Fsp3) is 0.333. The van der Waals surface area contributed by atoms with Crippen LogP contribution in [0.1, 0.15) is 24.4 Å². The van der Waals surface area contributed by atoms with E-state index in [2.05, 4.69) is 10.4 Å². The van der Waals surface area contributed by atoms with Crippen LogP contribution in [0.25, 0.3) is 0 Å². The summed E-state index contributed by atoms with van der Waals surface area (Å²) in [6.45, 7) is -0.0547. The van der Waals surface area contributed by atoms with Crippen LogP contribution >= 0.6 is 0 Å². The smallest absolute Gasteiger partial charge is 0.389 e. The number of amides is 1. The van der Waals surface area contributed by atoms with Gasteiger partial charge in [-0.15, -0.1) is 0 Å². The Balaban J connectivity index is 2.00. The number of nitrogens with zero attached hydrogens (tertiary/aromatic N) is 3. The first kappa shape index (κ1) is 16.6. The lowest BCUT2D eigenvalue weighted by Crippen LogP contribution is -2.32. The summed E-state index contributed by atoms with van der Waals surface area (Å²) in [6.07, 6.45) is 2.56. The third kappa shape index (κ3) is 4.89. The minimum absolute atomic E-state index is 0.0462. The minimum atomic E-state index is -0.609. The zero-order valence-corrected chi connectivity index (χ0v) is 12.5. The van der Waals surface area contributed by atoms with Gasteiger partial charge >= 0.3 is 5.82 Å². The van der Waals surface area contributed by atoms with E-state index < -0.39 is 4.92 Å². The number of benzene rings is 1. The number of hydrogen-bond acceptors (Lipinski definition) is 5. The molecule has 0 saturated carbocycles. The summed E-state index contributed by atoms with van der Waals surface area (Å²) < 4.78 is 1.22. The molecule has 23 heavy (non-hydrogen) atoms. The minimum Gasteiger partial charge on any atom is -0.396 e. The molecule has 0 aliphatic carbocycles. The SMILES string of the molecule is O=C(Cn1ccc([N+](=O)[O-])n1)NC(CCCO)c1ccccc1. The molecule has 122 valence electrons. The average Bonchev–Trinajstić information content (AvgIpc) is 3.01. The summed E-state index contributed by atoms with van der Waals surface area (Å²) in [4.78, 5) is 22.1. The molecule has 0 spiro atoms. The highest BCUT2D eigenvalue weighted by atomic mass is 16.6. The number of aliphatic hydroxyl groups is 1. The normalized spacial score (nSPS) is 11.9. The molecule has 8 heteroatoms. The molecule has 0 bridgehead atoms. The Labute approximate surface area is 132 Å². The molecule has 2 rings (SSSR count). The lowest BCUT2D eigenvalue weighted by molar-refractivity contribution is -0.389. The molecule has 1 aromatic carbocycles.